The van der Waals surface area contributed by atoms with E-state index < -0.39 is 63.2 Å². The molecule has 0 spiro atoms. The van der Waals surface area contributed by atoms with Gasteiger partial charge in [-0.1, -0.05) is 0 Å². The Labute approximate surface area is 198 Å². The van der Waals surface area contributed by atoms with Crippen LogP contribution in [0.1, 0.15) is 0 Å². The van der Waals surface area contributed by atoms with Crippen molar-refractivity contribution in [2.24, 2.45) is 0 Å². The van der Waals surface area contributed by atoms with Gasteiger partial charge in [0.2, 0.25) is 0 Å². The van der Waals surface area contributed by atoms with Crippen LogP contribution in [0.5, 0.6) is 0 Å². The molecule has 0 atom stereocenters. The lowest BCUT2D eigenvalue weighted by Crippen LogP contribution is -3.62. The Kier molecular flexibility index (Phi) is 8.36. The summed E-state index contributed by atoms with van der Waals surface area (Å²) in [7, 11) is 0. The van der Waals surface area contributed by atoms with E-state index in [1.54, 1.807) is 30.1 Å². The van der Waals surface area contributed by atoms with Gasteiger partial charge >= 0.3 is 21.2 Å². The van der Waals surface area contributed by atoms with Crippen LogP contribution in [0, 0.1) is 87.4 Å². The number of hydrogen-bond acceptors (Lipinski definition) is 4. The van der Waals surface area contributed by atoms with Gasteiger partial charge in [-0.3, -0.25) is 5.87 Å². The summed E-state index contributed by atoms with van der Waals surface area (Å²) < 4.78 is 77.7. The first kappa shape index (κ1) is 25.9. The third-order valence-corrected chi connectivity index (χ3v) is 7.04. The molecule has 0 aliphatic heterocycles. The molecule has 0 saturated heterocycles. The number of allylic oxidation sites excluding steroid dienone is 5. The Morgan fingerprint density at radius 3 is 1.09 bits per heavy atom. The average Bonchev–Trinajstić information content (AvgIpc) is 3.09. The SMILES string of the molecule is Fc1cc(F)c([I+]c2c(F)cc(F)cc2F)c(F)c1.N#CC1=C(C#N)C(C#N)=C(C#N)C1=C=[N-]. The zero-order valence-electron chi connectivity index (χ0n) is 16.2. The summed E-state index contributed by atoms with van der Waals surface area (Å²) in [6.45, 7) is 0. The normalized spacial score (nSPS) is 12.1. The van der Waals surface area contributed by atoms with Gasteiger partial charge in [-0.15, -0.1) is 0 Å². The Morgan fingerprint density at radius 2 is 0.853 bits per heavy atom. The van der Waals surface area contributed by atoms with Crippen molar-refractivity contribution in [3.05, 3.63) is 99.6 Å². The van der Waals surface area contributed by atoms with Crippen LogP contribution in [0.15, 0.2) is 52.1 Å². The predicted molar refractivity (Wildman–Crippen MR) is 98.4 cm³/mol. The van der Waals surface area contributed by atoms with E-state index in [0.29, 0.717) is 24.3 Å². The highest BCUT2D eigenvalue weighted by Gasteiger charge is 2.33. The van der Waals surface area contributed by atoms with Gasteiger partial charge in [-0.25, -0.2) is 26.3 Å². The van der Waals surface area contributed by atoms with E-state index >= 15 is 0 Å². The largest absolute Gasteiger partial charge is 0.763 e. The minimum absolute atomic E-state index is 0.201. The minimum atomic E-state index is -1.92. The van der Waals surface area contributed by atoms with Crippen molar-refractivity contribution in [1.29, 1.82) is 21.0 Å². The highest BCUT2D eigenvalue weighted by molar-refractivity contribution is 5.88. The van der Waals surface area contributed by atoms with Gasteiger partial charge in [0.15, 0.2) is 23.3 Å². The van der Waals surface area contributed by atoms with E-state index in [4.69, 9.17) is 26.5 Å². The molecule has 1 aliphatic carbocycles. The molecule has 0 amide bonds. The topological polar surface area (TPSA) is 117 Å². The summed E-state index contributed by atoms with van der Waals surface area (Å²) in [6.07, 6.45) is 0. The number of hydrogen-bond donors (Lipinski definition) is 0. The van der Waals surface area contributed by atoms with Crippen LogP contribution in [-0.4, -0.2) is 5.87 Å². The van der Waals surface area contributed by atoms with Gasteiger partial charge in [0.05, 0.1) is 22.3 Å². The first-order valence-electron chi connectivity index (χ1n) is 8.44. The molecule has 0 heterocycles. The van der Waals surface area contributed by atoms with Gasteiger partial charge in [-0.05, 0) is 0 Å². The van der Waals surface area contributed by atoms with Crippen LogP contribution in [0.4, 0.5) is 26.3 Å². The lowest BCUT2D eigenvalue weighted by Gasteiger charge is -1.96. The molecule has 0 fully saturated rings. The molecule has 166 valence electrons. The van der Waals surface area contributed by atoms with Gasteiger partial charge < -0.3 is 5.41 Å². The lowest BCUT2D eigenvalue weighted by atomic mass is 10.1. The zero-order valence-corrected chi connectivity index (χ0v) is 18.3. The third kappa shape index (κ3) is 5.16. The molecule has 0 aromatic heterocycles. The molecule has 1 aliphatic rings. The molecule has 0 unspecified atom stereocenters. The number of benzene rings is 2. The summed E-state index contributed by atoms with van der Waals surface area (Å²) in [5.74, 6) is -5.45. The van der Waals surface area contributed by atoms with Crippen molar-refractivity contribution in [2.75, 3.05) is 0 Å². The molecule has 0 bridgehead atoms. The van der Waals surface area contributed by atoms with Crippen LogP contribution in [0.3, 0.4) is 0 Å². The first-order valence-corrected chi connectivity index (χ1v) is 10.6. The van der Waals surface area contributed by atoms with E-state index in [-0.39, 0.29) is 27.9 Å². The quantitative estimate of drug-likeness (QED) is 0.176. The minimum Gasteiger partial charge on any atom is -0.763 e. The smallest absolute Gasteiger partial charge is 0.370 e. The molecule has 12 heteroatoms. The fourth-order valence-electron chi connectivity index (χ4n) is 2.51. The highest BCUT2D eigenvalue weighted by atomic mass is 127. The summed E-state index contributed by atoms with van der Waals surface area (Å²) in [5, 5.41) is 43.6. The monoisotopic (exact) mass is 579 g/mol. The maximum atomic E-state index is 13.4. The third-order valence-electron chi connectivity index (χ3n) is 3.90. The molecule has 0 N–H and O–H groups in total. The van der Waals surface area contributed by atoms with Crippen LogP contribution in [0.2, 0.25) is 0 Å². The Bertz CT molecular complexity index is 1340. The van der Waals surface area contributed by atoms with Crippen molar-refractivity contribution in [3.63, 3.8) is 0 Å². The molecule has 2 aromatic carbocycles. The maximum Gasteiger partial charge on any atom is 0.370 e. The van der Waals surface area contributed by atoms with E-state index in [1.165, 1.54) is 0 Å². The summed E-state index contributed by atoms with van der Waals surface area (Å²) in [5.41, 5.74) is -1.00. The first-order chi connectivity index (χ1) is 16.1. The van der Waals surface area contributed by atoms with Gasteiger partial charge in [-0.2, -0.15) is 21.0 Å². The molecule has 34 heavy (non-hydrogen) atoms. The second-order valence-electron chi connectivity index (χ2n) is 5.90. The standard InChI is InChI=1S/C12H4F6I.C10N5/c13-5-1-7(15)11(8(16)2-5)19-12-9(17)3-6(14)4-10(12)18;11-1-6-7(2-12)9(4-14)10(5-15)8(6)3-13/h1-4H;/q+1;-1. The van der Waals surface area contributed by atoms with Crippen LogP contribution in [-0.2, 0) is 0 Å². The average molecular weight is 579 g/mol. The molecule has 0 radical (unpaired) electrons. The van der Waals surface area contributed by atoms with Crippen LogP contribution >= 0.6 is 0 Å². The van der Waals surface area contributed by atoms with Gasteiger partial charge in [0.1, 0.15) is 35.9 Å². The zero-order chi connectivity index (χ0) is 25.6. The van der Waals surface area contributed by atoms with E-state index in [1.807, 2.05) is 0 Å². The number of rotatable bonds is 2. The summed E-state index contributed by atoms with van der Waals surface area (Å²) >= 11 is -1.92. The van der Waals surface area contributed by atoms with Crippen molar-refractivity contribution in [1.82, 2.24) is 0 Å². The second kappa shape index (κ2) is 11.0. The van der Waals surface area contributed by atoms with Gasteiger partial charge in [0, 0.05) is 29.8 Å². The van der Waals surface area contributed by atoms with Crippen LogP contribution < -0.4 is 21.2 Å². The summed E-state index contributed by atoms with van der Waals surface area (Å²) in [6, 6.07) is 8.31. The Hall–Kier alpha value is -4.36. The predicted octanol–water partition coefficient (Wildman–Crippen LogP) is 1.50. The second-order valence-corrected chi connectivity index (χ2v) is 8.59. The van der Waals surface area contributed by atoms with E-state index in [9.17, 15) is 26.3 Å². The van der Waals surface area contributed by atoms with Crippen LogP contribution in [0.25, 0.3) is 5.41 Å². The fraction of sp³-hybridized carbons (Fsp3) is 0. The number of nitrogens with zero attached hydrogens (tertiary/aromatic N) is 5. The lowest BCUT2D eigenvalue weighted by molar-refractivity contribution is -0.609. The van der Waals surface area contributed by atoms with Gasteiger partial charge in [0.25, 0.3) is 7.14 Å². The van der Waals surface area contributed by atoms with Crippen molar-refractivity contribution >= 4 is 5.87 Å². The van der Waals surface area contributed by atoms with E-state index in [2.05, 4.69) is 0 Å². The molecule has 3 rings (SSSR count). The molecule has 5 nitrogen and oxygen atoms in total. The fourth-order valence-corrected chi connectivity index (χ4v) is 4.70. The number of nitriles is 4. The van der Waals surface area contributed by atoms with Crippen molar-refractivity contribution in [2.45, 2.75) is 0 Å². The number of halogens is 7. The summed E-state index contributed by atoms with van der Waals surface area (Å²) in [4.78, 5) is 0. The molecular weight excluding hydrogens is 575 g/mol. The molecule has 2 aromatic rings. The molecular formula is C22H4F6IN5. The Balaban J connectivity index is 0.000000248. The van der Waals surface area contributed by atoms with Crippen molar-refractivity contribution < 1.29 is 47.5 Å². The Morgan fingerprint density at radius 1 is 0.559 bits per heavy atom. The highest BCUT2D eigenvalue weighted by Crippen LogP contribution is 2.34. The van der Waals surface area contributed by atoms with Crippen molar-refractivity contribution in [3.8, 4) is 24.3 Å². The maximum absolute atomic E-state index is 13.4. The molecule has 0 saturated carbocycles. The van der Waals surface area contributed by atoms with E-state index in [0.717, 1.165) is 0 Å².